The van der Waals surface area contributed by atoms with Crippen molar-refractivity contribution >= 4 is 17.5 Å². The predicted octanol–water partition coefficient (Wildman–Crippen LogP) is 3.32. The molecule has 4 nitrogen and oxygen atoms in total. The van der Waals surface area contributed by atoms with E-state index in [4.69, 9.17) is 0 Å². The summed E-state index contributed by atoms with van der Waals surface area (Å²) in [6.07, 6.45) is 6.89. The van der Waals surface area contributed by atoms with Gasteiger partial charge in [0.25, 0.3) is 11.8 Å². The minimum Gasteiger partial charge on any atom is -0.351 e. The van der Waals surface area contributed by atoms with Crippen LogP contribution >= 0.6 is 0 Å². The number of carbonyl (C=O) groups is 2. The highest BCUT2D eigenvalue weighted by Crippen LogP contribution is 2.17. The summed E-state index contributed by atoms with van der Waals surface area (Å²) in [5.41, 5.74) is 1.18. The van der Waals surface area contributed by atoms with E-state index in [1.165, 1.54) is 23.8 Å². The number of amides is 2. The third-order valence-corrected chi connectivity index (χ3v) is 3.55. The first-order chi connectivity index (χ1) is 10.2. The van der Waals surface area contributed by atoms with E-state index in [1.807, 2.05) is 30.3 Å². The number of rotatable bonds is 8. The molecule has 112 valence electrons. The van der Waals surface area contributed by atoms with Gasteiger partial charge in [-0.3, -0.25) is 14.5 Å². The van der Waals surface area contributed by atoms with Crippen molar-refractivity contribution in [3.63, 3.8) is 0 Å². The maximum atomic E-state index is 12.2. The Bertz CT molecular complexity index is 523. The average molecular weight is 286 g/mol. The minimum atomic E-state index is -0.223. The number of unbranched alkanes of at least 4 members (excludes halogenated alkanes) is 4. The SMILES string of the molecule is CCCCCCCN1C(=O)C=C(Nc2ccccc2)C1=O. The molecule has 0 saturated heterocycles. The van der Waals surface area contributed by atoms with Crippen LogP contribution in [-0.2, 0) is 9.59 Å². The van der Waals surface area contributed by atoms with Crippen LogP contribution < -0.4 is 5.32 Å². The zero-order valence-electron chi connectivity index (χ0n) is 12.5. The zero-order chi connectivity index (χ0) is 15.1. The molecule has 4 heteroatoms. The number of anilines is 1. The molecule has 1 heterocycles. The fourth-order valence-corrected chi connectivity index (χ4v) is 2.36. The number of nitrogens with one attached hydrogen (secondary N) is 1. The number of carbonyl (C=O) groups excluding carboxylic acids is 2. The summed E-state index contributed by atoms with van der Waals surface area (Å²) in [6, 6.07) is 9.41. The Hall–Kier alpha value is -2.10. The summed E-state index contributed by atoms with van der Waals surface area (Å²) in [5.74, 6) is -0.437. The Morgan fingerprint density at radius 1 is 1.00 bits per heavy atom. The number of hydrogen-bond acceptors (Lipinski definition) is 3. The standard InChI is InChI=1S/C17H22N2O2/c1-2-3-4-5-9-12-19-16(20)13-15(17(19)21)18-14-10-7-6-8-11-14/h6-8,10-11,13,18H,2-5,9,12H2,1H3. The van der Waals surface area contributed by atoms with Crippen molar-refractivity contribution in [3.05, 3.63) is 42.1 Å². The molecule has 1 aliphatic rings. The van der Waals surface area contributed by atoms with Crippen molar-refractivity contribution < 1.29 is 9.59 Å². The Morgan fingerprint density at radius 3 is 2.43 bits per heavy atom. The molecular formula is C17H22N2O2. The van der Waals surface area contributed by atoms with E-state index in [0.29, 0.717) is 12.2 Å². The van der Waals surface area contributed by atoms with Crippen molar-refractivity contribution in [3.8, 4) is 0 Å². The molecule has 1 aromatic carbocycles. The molecule has 0 saturated carbocycles. The molecule has 0 unspecified atom stereocenters. The average Bonchev–Trinajstić information content (AvgIpc) is 2.75. The van der Waals surface area contributed by atoms with E-state index in [0.717, 1.165) is 24.9 Å². The van der Waals surface area contributed by atoms with Gasteiger partial charge in [-0.25, -0.2) is 0 Å². The largest absolute Gasteiger partial charge is 0.351 e. The molecule has 0 spiro atoms. The van der Waals surface area contributed by atoms with Gasteiger partial charge in [-0.1, -0.05) is 50.8 Å². The topological polar surface area (TPSA) is 49.4 Å². The van der Waals surface area contributed by atoms with Crippen molar-refractivity contribution in [2.75, 3.05) is 11.9 Å². The monoisotopic (exact) mass is 286 g/mol. The lowest BCUT2D eigenvalue weighted by atomic mass is 10.1. The van der Waals surface area contributed by atoms with Crippen LogP contribution in [0.15, 0.2) is 42.1 Å². The van der Waals surface area contributed by atoms with E-state index in [-0.39, 0.29) is 11.8 Å². The van der Waals surface area contributed by atoms with Gasteiger partial charge in [-0.05, 0) is 18.6 Å². The number of imide groups is 1. The lowest BCUT2D eigenvalue weighted by Gasteiger charge is -2.15. The van der Waals surface area contributed by atoms with Crippen molar-refractivity contribution in [2.45, 2.75) is 39.0 Å². The summed E-state index contributed by atoms with van der Waals surface area (Å²) in [6.45, 7) is 2.68. The van der Waals surface area contributed by atoms with Crippen LogP contribution in [0.4, 0.5) is 5.69 Å². The van der Waals surface area contributed by atoms with Crippen molar-refractivity contribution in [1.29, 1.82) is 0 Å². The molecule has 0 aromatic heterocycles. The molecule has 1 N–H and O–H groups in total. The quantitative estimate of drug-likeness (QED) is 0.589. The first kappa shape index (κ1) is 15.3. The Labute approximate surface area is 125 Å². The second-order valence-electron chi connectivity index (χ2n) is 5.26. The zero-order valence-corrected chi connectivity index (χ0v) is 12.5. The van der Waals surface area contributed by atoms with Gasteiger partial charge in [0.15, 0.2) is 0 Å². The van der Waals surface area contributed by atoms with Crippen molar-refractivity contribution in [2.24, 2.45) is 0 Å². The summed E-state index contributed by atoms with van der Waals surface area (Å²) < 4.78 is 0. The second kappa shape index (κ2) is 7.62. The molecule has 0 fully saturated rings. The van der Waals surface area contributed by atoms with E-state index < -0.39 is 0 Å². The second-order valence-corrected chi connectivity index (χ2v) is 5.26. The number of benzene rings is 1. The Balaban J connectivity index is 1.85. The lowest BCUT2D eigenvalue weighted by molar-refractivity contribution is -0.137. The lowest BCUT2D eigenvalue weighted by Crippen LogP contribution is -2.33. The molecule has 0 bridgehead atoms. The molecule has 0 atom stereocenters. The molecular weight excluding hydrogens is 264 g/mol. The van der Waals surface area contributed by atoms with Crippen molar-refractivity contribution in [1.82, 2.24) is 4.90 Å². The molecule has 1 aliphatic heterocycles. The fourth-order valence-electron chi connectivity index (χ4n) is 2.36. The molecule has 0 aliphatic carbocycles. The predicted molar refractivity (Wildman–Crippen MR) is 83.6 cm³/mol. The van der Waals surface area contributed by atoms with E-state index >= 15 is 0 Å². The van der Waals surface area contributed by atoms with Gasteiger partial charge in [0.05, 0.1) is 0 Å². The normalized spacial score (nSPS) is 14.5. The third-order valence-electron chi connectivity index (χ3n) is 3.55. The molecule has 2 amide bonds. The molecule has 2 rings (SSSR count). The van der Waals surface area contributed by atoms with Crippen LogP contribution in [0.25, 0.3) is 0 Å². The van der Waals surface area contributed by atoms with Crippen LogP contribution in [0, 0.1) is 0 Å². The first-order valence-corrected chi connectivity index (χ1v) is 7.62. The van der Waals surface area contributed by atoms with Crippen LogP contribution in [-0.4, -0.2) is 23.3 Å². The third kappa shape index (κ3) is 4.18. The van der Waals surface area contributed by atoms with Crippen LogP contribution in [0.1, 0.15) is 39.0 Å². The van der Waals surface area contributed by atoms with Gasteiger partial charge in [0.1, 0.15) is 5.70 Å². The highest BCUT2D eigenvalue weighted by Gasteiger charge is 2.30. The van der Waals surface area contributed by atoms with Gasteiger partial charge >= 0.3 is 0 Å². The van der Waals surface area contributed by atoms with Crippen LogP contribution in [0.2, 0.25) is 0 Å². The minimum absolute atomic E-state index is 0.214. The van der Waals surface area contributed by atoms with Gasteiger partial charge in [0.2, 0.25) is 0 Å². The molecule has 1 aromatic rings. The van der Waals surface area contributed by atoms with Gasteiger partial charge in [0, 0.05) is 18.3 Å². The smallest absolute Gasteiger partial charge is 0.277 e. The first-order valence-electron chi connectivity index (χ1n) is 7.62. The maximum Gasteiger partial charge on any atom is 0.277 e. The van der Waals surface area contributed by atoms with Crippen LogP contribution in [0.3, 0.4) is 0 Å². The Morgan fingerprint density at radius 2 is 1.71 bits per heavy atom. The van der Waals surface area contributed by atoms with Gasteiger partial charge in [-0.2, -0.15) is 0 Å². The van der Waals surface area contributed by atoms with Gasteiger partial charge in [-0.15, -0.1) is 0 Å². The summed E-state index contributed by atoms with van der Waals surface area (Å²) in [7, 11) is 0. The van der Waals surface area contributed by atoms with Crippen LogP contribution in [0.5, 0.6) is 0 Å². The highest BCUT2D eigenvalue weighted by molar-refractivity contribution is 6.17. The molecule has 0 radical (unpaired) electrons. The van der Waals surface area contributed by atoms with Gasteiger partial charge < -0.3 is 5.32 Å². The summed E-state index contributed by atoms with van der Waals surface area (Å²) in [5, 5.41) is 3.01. The van der Waals surface area contributed by atoms with E-state index in [2.05, 4.69) is 12.2 Å². The number of nitrogens with zero attached hydrogens (tertiary/aromatic N) is 1. The highest BCUT2D eigenvalue weighted by atomic mass is 16.2. The summed E-state index contributed by atoms with van der Waals surface area (Å²) >= 11 is 0. The molecule has 21 heavy (non-hydrogen) atoms. The van der Waals surface area contributed by atoms with E-state index in [1.54, 1.807) is 0 Å². The fraction of sp³-hybridized carbons (Fsp3) is 0.412. The van der Waals surface area contributed by atoms with E-state index in [9.17, 15) is 9.59 Å². The summed E-state index contributed by atoms with van der Waals surface area (Å²) in [4.78, 5) is 25.4. The maximum absolute atomic E-state index is 12.2. The Kier molecular flexibility index (Phi) is 5.55. The number of hydrogen-bond donors (Lipinski definition) is 1. The number of para-hydroxylation sites is 1.